The molecule has 1 aliphatic rings. The Bertz CT molecular complexity index is 589. The van der Waals surface area contributed by atoms with Crippen molar-refractivity contribution in [3.8, 4) is 0 Å². The summed E-state index contributed by atoms with van der Waals surface area (Å²) < 4.78 is 5.42. The fraction of sp³-hybridized carbons (Fsp3) is 0.600. The largest absolute Gasteiger partial charge is 0.443 e. The van der Waals surface area contributed by atoms with Crippen LogP contribution in [0.25, 0.3) is 0 Å². The Kier molecular flexibility index (Phi) is 6.03. The predicted molar refractivity (Wildman–Crippen MR) is 96.3 cm³/mol. The van der Waals surface area contributed by atoms with Gasteiger partial charge in [0, 0.05) is 0 Å². The van der Waals surface area contributed by atoms with E-state index < -0.39 is 11.7 Å². The van der Waals surface area contributed by atoms with Crippen LogP contribution >= 0.6 is 0 Å². The Morgan fingerprint density at radius 1 is 1.12 bits per heavy atom. The second-order valence-corrected chi connectivity index (χ2v) is 7.47. The number of fused-ring (bicyclic) bond motifs is 1. The summed E-state index contributed by atoms with van der Waals surface area (Å²) in [6, 6.07) is 7.56. The van der Waals surface area contributed by atoms with E-state index in [4.69, 9.17) is 4.74 Å². The Hall–Kier alpha value is -1.84. The van der Waals surface area contributed by atoms with Crippen molar-refractivity contribution < 1.29 is 14.3 Å². The lowest BCUT2D eigenvalue weighted by Gasteiger charge is -2.24. The fourth-order valence-corrected chi connectivity index (χ4v) is 3.12. The van der Waals surface area contributed by atoms with Gasteiger partial charge in [-0.25, -0.2) is 9.69 Å². The molecule has 0 saturated carbocycles. The van der Waals surface area contributed by atoms with E-state index in [1.807, 2.05) is 45.0 Å². The highest BCUT2D eigenvalue weighted by Gasteiger charge is 2.41. The van der Waals surface area contributed by atoms with Gasteiger partial charge in [-0.2, -0.15) is 0 Å². The van der Waals surface area contributed by atoms with Crippen LogP contribution in [-0.4, -0.2) is 17.6 Å². The summed E-state index contributed by atoms with van der Waals surface area (Å²) in [5.74, 6) is -0.378. The SMILES string of the molecule is CCCCCCCC1C(=O)N(C(=O)OC(C)(C)C)c2ccccc21. The van der Waals surface area contributed by atoms with Crippen LogP contribution in [0.2, 0.25) is 0 Å². The van der Waals surface area contributed by atoms with E-state index in [-0.39, 0.29) is 11.8 Å². The molecular formula is C20H29NO3. The average molecular weight is 331 g/mol. The molecule has 0 fully saturated rings. The fourth-order valence-electron chi connectivity index (χ4n) is 3.12. The highest BCUT2D eigenvalue weighted by Crippen LogP contribution is 2.40. The number of anilines is 1. The van der Waals surface area contributed by atoms with E-state index in [0.29, 0.717) is 5.69 Å². The third-order valence-electron chi connectivity index (χ3n) is 4.24. The van der Waals surface area contributed by atoms with Gasteiger partial charge in [0.2, 0.25) is 5.91 Å². The maximum atomic E-state index is 12.8. The number of imide groups is 1. The van der Waals surface area contributed by atoms with E-state index >= 15 is 0 Å². The topological polar surface area (TPSA) is 46.6 Å². The first-order valence-corrected chi connectivity index (χ1v) is 9.01. The van der Waals surface area contributed by atoms with E-state index in [2.05, 4.69) is 6.92 Å². The molecule has 1 aliphatic heterocycles. The van der Waals surface area contributed by atoms with E-state index in [9.17, 15) is 9.59 Å². The molecule has 1 heterocycles. The first kappa shape index (κ1) is 18.5. The van der Waals surface area contributed by atoms with Crippen molar-refractivity contribution in [2.45, 2.75) is 77.7 Å². The molecule has 4 nitrogen and oxygen atoms in total. The van der Waals surface area contributed by atoms with Gasteiger partial charge in [0.15, 0.2) is 0 Å². The van der Waals surface area contributed by atoms with Crippen molar-refractivity contribution in [3.63, 3.8) is 0 Å². The standard InChI is InChI=1S/C20H29NO3/c1-5-6-7-8-9-13-16-15-12-10-11-14-17(15)21(18(16)22)19(23)24-20(2,3)4/h10-12,14,16H,5-9,13H2,1-4H3. The number of para-hydroxylation sites is 1. The molecule has 1 atom stereocenters. The summed E-state index contributed by atoms with van der Waals surface area (Å²) in [4.78, 5) is 26.5. The molecular weight excluding hydrogens is 302 g/mol. The molecule has 132 valence electrons. The van der Waals surface area contributed by atoms with Gasteiger partial charge in [-0.05, 0) is 38.8 Å². The van der Waals surface area contributed by atoms with E-state index in [1.54, 1.807) is 0 Å². The van der Waals surface area contributed by atoms with Crippen LogP contribution in [0.4, 0.5) is 10.5 Å². The number of carbonyl (C=O) groups is 2. The van der Waals surface area contributed by atoms with Gasteiger partial charge in [0.05, 0.1) is 11.6 Å². The maximum absolute atomic E-state index is 12.8. The molecule has 0 radical (unpaired) electrons. The van der Waals surface area contributed by atoms with Gasteiger partial charge in [0.25, 0.3) is 0 Å². The van der Waals surface area contributed by atoms with Gasteiger partial charge >= 0.3 is 6.09 Å². The first-order valence-electron chi connectivity index (χ1n) is 9.01. The van der Waals surface area contributed by atoms with Gasteiger partial charge in [-0.15, -0.1) is 0 Å². The van der Waals surface area contributed by atoms with Crippen molar-refractivity contribution in [3.05, 3.63) is 29.8 Å². The monoisotopic (exact) mass is 331 g/mol. The highest BCUT2D eigenvalue weighted by molar-refractivity contribution is 6.19. The Balaban J connectivity index is 2.12. The van der Waals surface area contributed by atoms with E-state index in [1.165, 1.54) is 24.2 Å². The quantitative estimate of drug-likeness (QED) is 0.655. The molecule has 24 heavy (non-hydrogen) atoms. The summed E-state index contributed by atoms with van der Waals surface area (Å²) in [5.41, 5.74) is 1.00. The zero-order valence-electron chi connectivity index (χ0n) is 15.3. The van der Waals surface area contributed by atoms with Crippen LogP contribution in [0, 0.1) is 0 Å². The number of unbranched alkanes of at least 4 members (excludes halogenated alkanes) is 4. The molecule has 0 spiro atoms. The number of carbonyl (C=O) groups excluding carboxylic acids is 2. The average Bonchev–Trinajstić information content (AvgIpc) is 2.77. The van der Waals surface area contributed by atoms with Crippen molar-refractivity contribution in [1.82, 2.24) is 0 Å². The third kappa shape index (κ3) is 4.37. The third-order valence-corrected chi connectivity index (χ3v) is 4.24. The lowest BCUT2D eigenvalue weighted by molar-refractivity contribution is -0.119. The van der Waals surface area contributed by atoms with Gasteiger partial charge in [-0.1, -0.05) is 57.2 Å². The second-order valence-electron chi connectivity index (χ2n) is 7.47. The number of hydrogen-bond donors (Lipinski definition) is 0. The summed E-state index contributed by atoms with van der Waals surface area (Å²) in [5, 5.41) is 0. The molecule has 0 aromatic heterocycles. The Labute approximate surface area is 145 Å². The summed E-state index contributed by atoms with van der Waals surface area (Å²) >= 11 is 0. The number of benzene rings is 1. The molecule has 0 N–H and O–H groups in total. The van der Waals surface area contributed by atoms with Crippen molar-refractivity contribution in [1.29, 1.82) is 0 Å². The highest BCUT2D eigenvalue weighted by atomic mass is 16.6. The van der Waals surface area contributed by atoms with Crippen LogP contribution < -0.4 is 4.90 Å². The summed E-state index contributed by atoms with van der Waals surface area (Å²) in [6.07, 6.45) is 6.00. The van der Waals surface area contributed by atoms with Crippen LogP contribution in [0.3, 0.4) is 0 Å². The van der Waals surface area contributed by atoms with Gasteiger partial charge < -0.3 is 4.74 Å². The molecule has 2 rings (SSSR count). The smallest absolute Gasteiger partial charge is 0.421 e. The van der Waals surface area contributed by atoms with Crippen molar-refractivity contribution in [2.75, 3.05) is 4.90 Å². The Morgan fingerprint density at radius 3 is 2.46 bits per heavy atom. The summed E-state index contributed by atoms with van der Waals surface area (Å²) in [7, 11) is 0. The molecule has 4 heteroatoms. The maximum Gasteiger partial charge on any atom is 0.421 e. The number of amides is 2. The van der Waals surface area contributed by atoms with Crippen molar-refractivity contribution >= 4 is 17.7 Å². The molecule has 1 aromatic carbocycles. The zero-order valence-corrected chi connectivity index (χ0v) is 15.3. The minimum atomic E-state index is -0.620. The second kappa shape index (κ2) is 7.82. The molecule has 1 unspecified atom stereocenters. The lowest BCUT2D eigenvalue weighted by atomic mass is 9.94. The number of ether oxygens (including phenoxy) is 1. The minimum absolute atomic E-state index is 0.152. The Morgan fingerprint density at radius 2 is 1.79 bits per heavy atom. The van der Waals surface area contributed by atoms with Crippen molar-refractivity contribution in [2.24, 2.45) is 0 Å². The van der Waals surface area contributed by atoms with Crippen LogP contribution in [-0.2, 0) is 9.53 Å². The molecule has 0 bridgehead atoms. The first-order chi connectivity index (χ1) is 11.3. The molecule has 0 saturated heterocycles. The van der Waals surface area contributed by atoms with E-state index in [0.717, 1.165) is 24.8 Å². The van der Waals surface area contributed by atoms with Crippen LogP contribution in [0.5, 0.6) is 0 Å². The minimum Gasteiger partial charge on any atom is -0.443 e. The van der Waals surface area contributed by atoms with Crippen LogP contribution in [0.1, 0.15) is 77.7 Å². The molecule has 0 aliphatic carbocycles. The number of nitrogens with zero attached hydrogens (tertiary/aromatic N) is 1. The normalized spacial score (nSPS) is 17.1. The predicted octanol–water partition coefficient (Wildman–Crippen LogP) is 5.41. The number of hydrogen-bond acceptors (Lipinski definition) is 3. The zero-order chi connectivity index (χ0) is 17.7. The lowest BCUT2D eigenvalue weighted by Crippen LogP contribution is -2.39. The molecule has 1 aromatic rings. The van der Waals surface area contributed by atoms with Gasteiger partial charge in [0.1, 0.15) is 5.60 Å². The molecule has 2 amide bonds. The van der Waals surface area contributed by atoms with Crippen LogP contribution in [0.15, 0.2) is 24.3 Å². The number of rotatable bonds is 6. The summed E-state index contributed by atoms with van der Waals surface area (Å²) in [6.45, 7) is 7.61. The van der Waals surface area contributed by atoms with Gasteiger partial charge in [-0.3, -0.25) is 4.79 Å².